The summed E-state index contributed by atoms with van der Waals surface area (Å²) >= 11 is 0. The zero-order valence-electron chi connectivity index (χ0n) is 36.6. The van der Waals surface area contributed by atoms with Crippen molar-refractivity contribution in [1.82, 2.24) is 14.8 Å². The van der Waals surface area contributed by atoms with Gasteiger partial charge in [-0.05, 0) is 147 Å². The summed E-state index contributed by atoms with van der Waals surface area (Å²) in [4.78, 5) is 53.0. The molecule has 2 amide bonds. The van der Waals surface area contributed by atoms with E-state index in [4.69, 9.17) is 15.0 Å². The number of aliphatic imine (C=N–C) groups is 2. The van der Waals surface area contributed by atoms with Crippen LogP contribution in [0.5, 0.6) is 0 Å². The fourth-order valence-electron chi connectivity index (χ4n) is 15.6. The molecule has 0 saturated heterocycles. The van der Waals surface area contributed by atoms with Gasteiger partial charge in [0.2, 0.25) is 11.8 Å². The maximum atomic E-state index is 16.0. The Kier molecular flexibility index (Phi) is 9.04. The number of hydrogen-bond acceptors (Lipinski definition) is 5. The van der Waals surface area contributed by atoms with Crippen molar-refractivity contribution >= 4 is 23.5 Å². The Morgan fingerprint density at radius 2 is 0.688 bits per heavy atom. The van der Waals surface area contributed by atoms with Gasteiger partial charge in [0.05, 0.1) is 22.9 Å². The third kappa shape index (κ3) is 6.23. The van der Waals surface area contributed by atoms with Gasteiger partial charge in [0.1, 0.15) is 23.5 Å². The van der Waals surface area contributed by atoms with E-state index < -0.39 is 10.8 Å². The third-order valence-electron chi connectivity index (χ3n) is 17.3. The lowest BCUT2D eigenvalue weighted by atomic mass is 9.49. The molecule has 2 aliphatic heterocycles. The first-order chi connectivity index (χ1) is 31.4. The van der Waals surface area contributed by atoms with Gasteiger partial charge in [-0.2, -0.15) is 0 Å². The first-order valence-corrected chi connectivity index (χ1v) is 24.4. The molecule has 5 aromatic rings. The maximum Gasteiger partial charge on any atom is 0.235 e. The van der Waals surface area contributed by atoms with Crippen molar-refractivity contribution in [3.05, 3.63) is 173 Å². The summed E-state index contributed by atoms with van der Waals surface area (Å²) in [6.45, 7) is 0. The number of carbonyl (C=O) groups is 2. The molecule has 8 fully saturated rings. The Bertz CT molecular complexity index is 2410. The molecule has 8 bridgehead atoms. The predicted octanol–water partition coefficient (Wildman–Crippen LogP) is 11.7. The van der Waals surface area contributed by atoms with Crippen LogP contribution in [-0.2, 0) is 9.59 Å². The maximum absolute atomic E-state index is 16.0. The van der Waals surface area contributed by atoms with E-state index in [0.717, 1.165) is 60.8 Å². The monoisotopic (exact) mass is 843 g/mol. The summed E-state index contributed by atoms with van der Waals surface area (Å²) < 4.78 is 0. The molecule has 0 N–H and O–H groups in total. The lowest BCUT2D eigenvalue weighted by Gasteiger charge is -2.56. The van der Waals surface area contributed by atoms with Crippen LogP contribution in [0.15, 0.2) is 150 Å². The lowest BCUT2D eigenvalue weighted by Crippen LogP contribution is -2.56. The number of carbonyl (C=O) groups excluding carboxylic acids is 2. The smallest absolute Gasteiger partial charge is 0.235 e. The van der Waals surface area contributed by atoms with Gasteiger partial charge in [-0.25, -0.2) is 4.98 Å². The van der Waals surface area contributed by atoms with Crippen molar-refractivity contribution in [2.24, 2.45) is 56.3 Å². The van der Waals surface area contributed by atoms with Gasteiger partial charge < -0.3 is 0 Å². The minimum absolute atomic E-state index is 0.218. The van der Waals surface area contributed by atoms with E-state index in [2.05, 4.69) is 119 Å². The van der Waals surface area contributed by atoms with E-state index in [-0.39, 0.29) is 36.0 Å². The number of amidine groups is 2. The largest absolute Gasteiger partial charge is 0.285 e. The number of amides is 2. The van der Waals surface area contributed by atoms with Crippen molar-refractivity contribution in [1.29, 1.82) is 0 Å². The summed E-state index contributed by atoms with van der Waals surface area (Å²) in [6.07, 6.45) is 13.4. The first-order valence-electron chi connectivity index (χ1n) is 24.4. The second-order valence-electron chi connectivity index (χ2n) is 21.5. The first kappa shape index (κ1) is 38.7. The molecule has 0 spiro atoms. The second kappa shape index (κ2) is 14.9. The molecule has 7 nitrogen and oxygen atoms in total. The van der Waals surface area contributed by atoms with Crippen LogP contribution in [0.25, 0.3) is 0 Å². The molecule has 8 aliphatic carbocycles. The highest BCUT2D eigenvalue weighted by Gasteiger charge is 2.60. The summed E-state index contributed by atoms with van der Waals surface area (Å²) in [6, 6.07) is 46.9. The predicted molar refractivity (Wildman–Crippen MR) is 249 cm³/mol. The van der Waals surface area contributed by atoms with E-state index in [1.807, 2.05) is 30.3 Å². The normalized spacial score (nSPS) is 35.4. The Morgan fingerprint density at radius 3 is 1.00 bits per heavy atom. The SMILES string of the molecule is O=C(N1C(c2cccc(C3=N[C@H](c4ccccc4)[C@@H](c4ccccc4)N3C(=O)C34CC5CC(CC(C5)C3)C4)n2)=N[C@H](c2ccccc2)[C@H]1c1ccccc1)C12CC3CC(CC(C3)C1)C2. The highest BCUT2D eigenvalue weighted by atomic mass is 16.2. The minimum Gasteiger partial charge on any atom is -0.285 e. The zero-order chi connectivity index (χ0) is 42.6. The van der Waals surface area contributed by atoms with Crippen molar-refractivity contribution in [2.45, 2.75) is 101 Å². The third-order valence-corrected chi connectivity index (χ3v) is 17.3. The second-order valence-corrected chi connectivity index (χ2v) is 21.5. The number of hydrogen-bond donors (Lipinski definition) is 0. The Balaban J connectivity index is 0.966. The summed E-state index contributed by atoms with van der Waals surface area (Å²) in [5.41, 5.74) is 4.83. The van der Waals surface area contributed by atoms with Gasteiger partial charge >= 0.3 is 0 Å². The molecule has 4 aromatic carbocycles. The standard InChI is InChI=1S/C57H57N5O2/c63-54(56-30-36-24-37(31-56)26-38(25-36)32-56)61-50(44-18-9-3-10-19-44)48(42-14-5-1-6-15-42)59-52(61)46-22-13-23-47(58-46)53-60-49(43-16-7-2-8-17-43)51(45-20-11-4-12-21-45)62(53)55(64)57-33-39-27-40(34-57)29-41(28-39)35-57/h1-23,36-41,48-51H,24-35H2/t36?,37?,38?,39?,40?,41?,48-,49-,50-,51-,56?,57?/m1/s1. The molecule has 322 valence electrons. The Morgan fingerprint density at radius 1 is 0.391 bits per heavy atom. The molecule has 4 atom stereocenters. The lowest BCUT2D eigenvalue weighted by molar-refractivity contribution is -0.155. The molecule has 10 aliphatic rings. The van der Waals surface area contributed by atoms with E-state index in [9.17, 15) is 0 Å². The van der Waals surface area contributed by atoms with E-state index in [0.29, 0.717) is 58.6 Å². The number of pyridine rings is 1. The van der Waals surface area contributed by atoms with Crippen molar-refractivity contribution < 1.29 is 9.59 Å². The molecule has 0 unspecified atom stereocenters. The van der Waals surface area contributed by atoms with E-state index >= 15 is 9.59 Å². The van der Waals surface area contributed by atoms with Crippen LogP contribution in [0.4, 0.5) is 0 Å². The van der Waals surface area contributed by atoms with Crippen molar-refractivity contribution in [2.75, 3.05) is 0 Å². The average Bonchev–Trinajstić information content (AvgIpc) is 3.92. The molecule has 1 aromatic heterocycles. The zero-order valence-corrected chi connectivity index (χ0v) is 36.6. The summed E-state index contributed by atoms with van der Waals surface area (Å²) in [5.74, 6) is 5.40. The van der Waals surface area contributed by atoms with E-state index in [1.54, 1.807) is 0 Å². The Labute approximate surface area is 377 Å². The van der Waals surface area contributed by atoms with Gasteiger partial charge in [0.15, 0.2) is 11.7 Å². The van der Waals surface area contributed by atoms with Crippen LogP contribution in [0.1, 0.15) is 135 Å². The molecule has 64 heavy (non-hydrogen) atoms. The quantitative estimate of drug-likeness (QED) is 0.156. The molecule has 7 heteroatoms. The molecule has 8 saturated carbocycles. The molecule has 15 rings (SSSR count). The molecular weight excluding hydrogens is 787 g/mol. The molecular formula is C57H57N5O2. The number of rotatable bonds is 8. The Hall–Kier alpha value is -5.69. The van der Waals surface area contributed by atoms with Crippen LogP contribution >= 0.6 is 0 Å². The highest BCUT2D eigenvalue weighted by Crippen LogP contribution is 2.63. The fourth-order valence-corrected chi connectivity index (χ4v) is 15.6. The van der Waals surface area contributed by atoms with Crippen LogP contribution in [0, 0.1) is 46.3 Å². The van der Waals surface area contributed by atoms with Crippen molar-refractivity contribution in [3.63, 3.8) is 0 Å². The molecule has 0 radical (unpaired) electrons. The van der Waals surface area contributed by atoms with Gasteiger partial charge in [-0.3, -0.25) is 29.4 Å². The highest BCUT2D eigenvalue weighted by molar-refractivity contribution is 6.13. The number of benzene rings is 4. The fraction of sp³-hybridized carbons (Fsp3) is 0.421. The number of nitrogens with zero attached hydrogens (tertiary/aromatic N) is 5. The van der Waals surface area contributed by atoms with Crippen LogP contribution < -0.4 is 0 Å². The van der Waals surface area contributed by atoms with E-state index in [1.165, 1.54) is 38.5 Å². The van der Waals surface area contributed by atoms with Crippen LogP contribution in [0.2, 0.25) is 0 Å². The van der Waals surface area contributed by atoms with Crippen molar-refractivity contribution in [3.8, 4) is 0 Å². The number of aromatic nitrogens is 1. The summed E-state index contributed by atoms with van der Waals surface area (Å²) in [7, 11) is 0. The van der Waals surface area contributed by atoms with Crippen LogP contribution in [-0.4, -0.2) is 38.3 Å². The van der Waals surface area contributed by atoms with Gasteiger partial charge in [-0.1, -0.05) is 127 Å². The average molecular weight is 844 g/mol. The minimum atomic E-state index is -0.395. The van der Waals surface area contributed by atoms with Gasteiger partial charge in [0.25, 0.3) is 0 Å². The van der Waals surface area contributed by atoms with Gasteiger partial charge in [0, 0.05) is 0 Å². The topological polar surface area (TPSA) is 78.2 Å². The summed E-state index contributed by atoms with van der Waals surface area (Å²) in [5, 5.41) is 0. The molecule has 3 heterocycles. The van der Waals surface area contributed by atoms with Gasteiger partial charge in [-0.15, -0.1) is 0 Å². The van der Waals surface area contributed by atoms with Crippen LogP contribution in [0.3, 0.4) is 0 Å².